The maximum absolute atomic E-state index is 10.1. The van der Waals surface area contributed by atoms with Gasteiger partial charge in [0.1, 0.15) is 0 Å². The van der Waals surface area contributed by atoms with Crippen LogP contribution in [0.15, 0.2) is 85.2 Å². The second-order valence-electron chi connectivity index (χ2n) is 8.75. The zero-order valence-electron chi connectivity index (χ0n) is 21.7. The second-order valence-corrected chi connectivity index (χ2v) is 10.3. The van der Waals surface area contributed by atoms with Crippen LogP contribution in [0.25, 0.3) is 11.4 Å². The molecule has 0 radical (unpaired) electrons. The van der Waals surface area contributed by atoms with Gasteiger partial charge in [-0.15, -0.1) is 0 Å². The maximum Gasteiger partial charge on any atom is 0.0886 e. The number of nitrogens with zero attached hydrogens (tertiary/aromatic N) is 2. The summed E-state index contributed by atoms with van der Waals surface area (Å²) in [6, 6.07) is 23.1. The first kappa shape index (κ1) is 29.6. The SMILES string of the molecule is CC(=O)[O-].CC(C)c1ccc(O)[c]([Mn+][c]2cc(C(C)C)ccc2O)c1.c1ccc(-c2ccccn2)nc1. The number of aromatic hydroxyl groups is 2. The van der Waals surface area contributed by atoms with Crippen LogP contribution < -0.4 is 14.0 Å². The number of hydrogen-bond donors (Lipinski definition) is 2. The van der Waals surface area contributed by atoms with Gasteiger partial charge in [-0.3, -0.25) is 9.97 Å². The van der Waals surface area contributed by atoms with Crippen molar-refractivity contribution in [2.24, 2.45) is 0 Å². The molecular formula is C30H33MnN2O4. The van der Waals surface area contributed by atoms with Crippen molar-refractivity contribution in [3.05, 3.63) is 96.3 Å². The number of carboxylic acids is 1. The number of aromatic nitrogens is 2. The van der Waals surface area contributed by atoms with Crippen LogP contribution in [0.3, 0.4) is 0 Å². The Kier molecular flexibility index (Phi) is 11.8. The van der Waals surface area contributed by atoms with E-state index in [2.05, 4.69) is 37.7 Å². The summed E-state index contributed by atoms with van der Waals surface area (Å²) in [7, 11) is 0. The van der Waals surface area contributed by atoms with Crippen LogP contribution in [0.5, 0.6) is 11.5 Å². The minimum atomic E-state index is -1.08. The third-order valence-corrected chi connectivity index (χ3v) is 6.65. The van der Waals surface area contributed by atoms with Crippen LogP contribution >= 0.6 is 0 Å². The van der Waals surface area contributed by atoms with Crippen LogP contribution in [0, 0.1) is 0 Å². The largest absolute Gasteiger partial charge is 0.255 e. The number of phenols is 2. The molecule has 0 aliphatic rings. The topological polar surface area (TPSA) is 106 Å². The minimum absolute atomic E-state index is 0.217. The molecule has 0 amide bonds. The Hall–Kier alpha value is -3.67. The van der Waals surface area contributed by atoms with Crippen molar-refractivity contribution in [3.63, 3.8) is 0 Å². The van der Waals surface area contributed by atoms with Gasteiger partial charge in [-0.25, -0.2) is 0 Å². The third kappa shape index (κ3) is 10.1. The fourth-order valence-electron chi connectivity index (χ4n) is 3.05. The summed E-state index contributed by atoms with van der Waals surface area (Å²) in [5.74, 6) is 0.359. The van der Waals surface area contributed by atoms with E-state index in [1.165, 1.54) is 11.1 Å². The molecule has 2 aromatic heterocycles. The Bertz CT molecular complexity index is 1170. The molecule has 0 unspecified atom stereocenters. The summed E-state index contributed by atoms with van der Waals surface area (Å²) in [4.78, 5) is 17.3. The summed E-state index contributed by atoms with van der Waals surface area (Å²) in [5.41, 5.74) is 4.24. The first-order chi connectivity index (χ1) is 17.6. The van der Waals surface area contributed by atoms with E-state index in [1.807, 2.05) is 60.7 Å². The first-order valence-electron chi connectivity index (χ1n) is 11.9. The van der Waals surface area contributed by atoms with Crippen molar-refractivity contribution >= 4 is 14.9 Å². The van der Waals surface area contributed by atoms with Crippen LogP contribution in [0.1, 0.15) is 57.6 Å². The molecule has 0 atom stereocenters. The van der Waals surface area contributed by atoms with E-state index in [9.17, 15) is 10.2 Å². The monoisotopic (exact) mass is 540 g/mol. The van der Waals surface area contributed by atoms with Gasteiger partial charge in [-0.05, 0) is 31.2 Å². The molecule has 0 aliphatic heterocycles. The maximum atomic E-state index is 10.1. The van der Waals surface area contributed by atoms with E-state index in [1.54, 1.807) is 24.5 Å². The van der Waals surface area contributed by atoms with Gasteiger partial charge in [0.2, 0.25) is 0 Å². The second kappa shape index (κ2) is 14.8. The molecule has 4 rings (SSSR count). The average Bonchev–Trinajstić information content (AvgIpc) is 2.87. The van der Waals surface area contributed by atoms with Crippen molar-refractivity contribution in [3.8, 4) is 22.9 Å². The van der Waals surface area contributed by atoms with Crippen LogP contribution in [-0.4, -0.2) is 26.2 Å². The van der Waals surface area contributed by atoms with Gasteiger partial charge < -0.3 is 9.90 Å². The van der Waals surface area contributed by atoms with E-state index in [0.717, 1.165) is 27.2 Å². The summed E-state index contributed by atoms with van der Waals surface area (Å²) in [6.45, 7) is 9.51. The molecule has 2 heterocycles. The molecule has 194 valence electrons. The molecule has 2 N–H and O–H groups in total. The molecule has 0 fully saturated rings. The quantitative estimate of drug-likeness (QED) is 0.366. The van der Waals surface area contributed by atoms with E-state index >= 15 is 0 Å². The van der Waals surface area contributed by atoms with Gasteiger partial charge in [-0.1, -0.05) is 12.1 Å². The van der Waals surface area contributed by atoms with Crippen molar-refractivity contribution < 1.29 is 35.1 Å². The molecule has 0 bridgehead atoms. The number of pyridine rings is 2. The minimum Gasteiger partial charge on any atom is -0.255 e. The molecule has 0 aliphatic carbocycles. The van der Waals surface area contributed by atoms with Crippen molar-refractivity contribution in [1.29, 1.82) is 0 Å². The summed E-state index contributed by atoms with van der Waals surface area (Å²) >= 11 is 0.217. The Balaban J connectivity index is 0.000000252. The fourth-order valence-corrected chi connectivity index (χ4v) is 4.46. The predicted molar refractivity (Wildman–Crippen MR) is 142 cm³/mol. The molecule has 6 nitrogen and oxygen atoms in total. The van der Waals surface area contributed by atoms with E-state index in [4.69, 9.17) is 9.90 Å². The van der Waals surface area contributed by atoms with Crippen LogP contribution in [-0.2, 0) is 19.8 Å². The summed E-state index contributed by atoms with van der Waals surface area (Å²) < 4.78 is 1.78. The zero-order chi connectivity index (χ0) is 27.4. The van der Waals surface area contributed by atoms with E-state index in [0.29, 0.717) is 23.3 Å². The van der Waals surface area contributed by atoms with Crippen molar-refractivity contribution in [1.82, 2.24) is 9.97 Å². The number of phenolic OH excluding ortho intramolecular Hbond substituents is 2. The number of carboxylic acid groups (broad SMARTS) is 1. The normalized spacial score (nSPS) is 10.2. The molecule has 0 saturated carbocycles. The smallest absolute Gasteiger partial charge is 0.0886 e. The van der Waals surface area contributed by atoms with Crippen molar-refractivity contribution in [2.75, 3.05) is 0 Å². The molecular weight excluding hydrogens is 507 g/mol. The van der Waals surface area contributed by atoms with Crippen molar-refractivity contribution in [2.45, 2.75) is 46.5 Å². The predicted octanol–water partition coefficient (Wildman–Crippen LogP) is 4.28. The van der Waals surface area contributed by atoms with E-state index in [-0.39, 0.29) is 15.0 Å². The number of carbonyl (C=O) groups excluding carboxylic acids is 1. The van der Waals surface area contributed by atoms with E-state index < -0.39 is 5.97 Å². The number of carbonyl (C=O) groups is 1. The first-order valence-corrected chi connectivity index (χ1v) is 13.1. The van der Waals surface area contributed by atoms with Crippen LogP contribution in [0.2, 0.25) is 0 Å². The summed E-state index contributed by atoms with van der Waals surface area (Å²) in [6.07, 6.45) is 3.54. The van der Waals surface area contributed by atoms with Gasteiger partial charge in [0.25, 0.3) is 0 Å². The number of aliphatic carboxylic acids is 1. The Labute approximate surface area is 225 Å². The fraction of sp³-hybridized carbons (Fsp3) is 0.233. The van der Waals surface area contributed by atoms with Crippen LogP contribution in [0.4, 0.5) is 0 Å². The zero-order valence-corrected chi connectivity index (χ0v) is 22.9. The molecule has 4 aromatic rings. The molecule has 7 heteroatoms. The Morgan fingerprint density at radius 3 is 1.41 bits per heavy atom. The Morgan fingerprint density at radius 1 is 0.730 bits per heavy atom. The number of rotatable bonds is 5. The van der Waals surface area contributed by atoms with Gasteiger partial charge in [0, 0.05) is 18.4 Å². The number of hydrogen-bond acceptors (Lipinski definition) is 6. The molecule has 0 saturated heterocycles. The van der Waals surface area contributed by atoms with Gasteiger partial charge in [-0.2, -0.15) is 0 Å². The molecule has 0 spiro atoms. The van der Waals surface area contributed by atoms with Gasteiger partial charge >= 0.3 is 133 Å². The molecule has 2 aromatic carbocycles. The molecule has 37 heavy (non-hydrogen) atoms. The van der Waals surface area contributed by atoms with Gasteiger partial charge in [0.15, 0.2) is 0 Å². The standard InChI is InChI=1S/C10H8N2.2C9H11O.C2H4O2.Mn/c1-3-7-11-9(5-1)10-6-2-4-8-12-10;2*1-7(2)8-3-5-9(10)6-4-8;1-2(3)4;/h1-8H;2*3-5,7,10H,1-2H3;1H3,(H,3,4);/q;;;;+1/p-1. The Morgan fingerprint density at radius 2 is 1.11 bits per heavy atom. The van der Waals surface area contributed by atoms with Gasteiger partial charge in [0.05, 0.1) is 11.4 Å². The summed E-state index contributed by atoms with van der Waals surface area (Å²) in [5, 5.41) is 29.0. The number of benzene rings is 2. The third-order valence-electron chi connectivity index (χ3n) is 5.07. The average molecular weight is 541 g/mol.